The number of halogens is 1. The minimum Gasteiger partial charge on any atom is -0.456 e. The number of hydrogen-bond acceptors (Lipinski definition) is 6. The van der Waals surface area contributed by atoms with E-state index in [-0.39, 0.29) is 11.4 Å². The average molecular weight is 450 g/mol. The molecule has 0 amide bonds. The summed E-state index contributed by atoms with van der Waals surface area (Å²) in [7, 11) is 0. The zero-order valence-corrected chi connectivity index (χ0v) is 17.6. The van der Waals surface area contributed by atoms with Gasteiger partial charge in [0.15, 0.2) is 0 Å². The van der Waals surface area contributed by atoms with E-state index in [9.17, 15) is 10.1 Å². The number of ether oxygens (including phenoxy) is 2. The summed E-state index contributed by atoms with van der Waals surface area (Å²) in [4.78, 5) is 10.3. The molecule has 0 aromatic heterocycles. The molecule has 0 heterocycles. The fraction of sp³-hybridized carbons (Fsp3) is 0. The van der Waals surface area contributed by atoms with Crippen molar-refractivity contribution >= 4 is 28.7 Å². The summed E-state index contributed by atoms with van der Waals surface area (Å²) in [5.74, 6) is 2.08. The minimum absolute atomic E-state index is 0.145. The minimum atomic E-state index is -0.519. The normalized spacial score (nSPS) is 9.91. The Balaban J connectivity index is 0.000000182. The highest BCUT2D eigenvalue weighted by Gasteiger charge is 2.15. The van der Waals surface area contributed by atoms with Gasteiger partial charge in [0.25, 0.3) is 0 Å². The van der Waals surface area contributed by atoms with Crippen LogP contribution in [0.15, 0.2) is 97.1 Å². The lowest BCUT2D eigenvalue weighted by atomic mass is 10.2. The molecule has 0 bridgehead atoms. The number of nitro groups is 1. The van der Waals surface area contributed by atoms with Gasteiger partial charge in [-0.05, 0) is 60.7 Å². The van der Waals surface area contributed by atoms with Gasteiger partial charge in [0, 0.05) is 17.4 Å². The lowest BCUT2D eigenvalue weighted by molar-refractivity contribution is -0.385. The molecule has 0 spiro atoms. The molecule has 0 atom stereocenters. The van der Waals surface area contributed by atoms with Crippen molar-refractivity contribution in [2.75, 3.05) is 11.5 Å². The molecule has 7 nitrogen and oxygen atoms in total. The Morgan fingerprint density at radius 3 is 1.91 bits per heavy atom. The van der Waals surface area contributed by atoms with Crippen LogP contribution in [0.4, 0.5) is 17.1 Å². The Morgan fingerprint density at radius 1 is 0.688 bits per heavy atom. The van der Waals surface area contributed by atoms with E-state index in [2.05, 4.69) is 0 Å². The van der Waals surface area contributed by atoms with Crippen molar-refractivity contribution in [3.8, 4) is 23.0 Å². The molecule has 0 aliphatic rings. The number of anilines is 2. The fourth-order valence-corrected chi connectivity index (χ4v) is 2.74. The first kappa shape index (κ1) is 22.5. The van der Waals surface area contributed by atoms with E-state index in [1.165, 1.54) is 12.1 Å². The van der Waals surface area contributed by atoms with Gasteiger partial charge in [-0.3, -0.25) is 10.1 Å². The molecule has 0 saturated heterocycles. The lowest BCUT2D eigenvalue weighted by Gasteiger charge is -2.06. The molecule has 4 aromatic rings. The smallest absolute Gasteiger partial charge is 0.313 e. The molecule has 0 aliphatic heterocycles. The molecular formula is C24H20ClN3O4. The molecule has 4 aromatic carbocycles. The highest BCUT2D eigenvalue weighted by atomic mass is 35.5. The number of hydrogen-bond donors (Lipinski definition) is 2. The molecule has 32 heavy (non-hydrogen) atoms. The van der Waals surface area contributed by atoms with Crippen molar-refractivity contribution in [3.63, 3.8) is 0 Å². The predicted octanol–water partition coefficient (Wildman–Crippen LogP) is 6.68. The average Bonchev–Trinajstić information content (AvgIpc) is 2.79. The number of nitrogen functional groups attached to an aromatic ring is 2. The van der Waals surface area contributed by atoms with Crippen LogP contribution in [-0.4, -0.2) is 4.92 Å². The van der Waals surface area contributed by atoms with Crippen molar-refractivity contribution in [2.45, 2.75) is 0 Å². The Kier molecular flexibility index (Phi) is 7.51. The Labute approximate surface area is 189 Å². The van der Waals surface area contributed by atoms with Crippen LogP contribution in [0.5, 0.6) is 23.0 Å². The van der Waals surface area contributed by atoms with Crippen LogP contribution in [0.25, 0.3) is 0 Å². The van der Waals surface area contributed by atoms with Gasteiger partial charge < -0.3 is 20.9 Å². The quantitative estimate of drug-likeness (QED) is 0.199. The predicted molar refractivity (Wildman–Crippen MR) is 126 cm³/mol. The van der Waals surface area contributed by atoms with E-state index in [4.69, 9.17) is 32.5 Å². The third-order valence-electron chi connectivity index (χ3n) is 4.10. The zero-order chi connectivity index (χ0) is 22.9. The van der Waals surface area contributed by atoms with Gasteiger partial charge in [0.2, 0.25) is 5.75 Å². The molecule has 0 aliphatic carbocycles. The first-order valence-electron chi connectivity index (χ1n) is 9.47. The molecule has 0 unspecified atom stereocenters. The Morgan fingerprint density at radius 2 is 1.25 bits per heavy atom. The number of nitrogens with two attached hydrogens (primary N) is 2. The number of benzene rings is 4. The van der Waals surface area contributed by atoms with Crippen molar-refractivity contribution in [2.24, 2.45) is 0 Å². The van der Waals surface area contributed by atoms with E-state index in [1.807, 2.05) is 24.3 Å². The summed E-state index contributed by atoms with van der Waals surface area (Å²) in [6, 6.07) is 27.7. The van der Waals surface area contributed by atoms with Gasteiger partial charge >= 0.3 is 5.69 Å². The van der Waals surface area contributed by atoms with E-state index >= 15 is 0 Å². The maximum atomic E-state index is 10.8. The molecule has 0 fully saturated rings. The summed E-state index contributed by atoms with van der Waals surface area (Å²) in [5.41, 5.74) is 12.0. The molecular weight excluding hydrogens is 430 g/mol. The van der Waals surface area contributed by atoms with Crippen LogP contribution in [0, 0.1) is 10.1 Å². The van der Waals surface area contributed by atoms with E-state index < -0.39 is 4.92 Å². The van der Waals surface area contributed by atoms with E-state index in [0.29, 0.717) is 27.9 Å². The van der Waals surface area contributed by atoms with Crippen LogP contribution in [0.2, 0.25) is 5.02 Å². The molecule has 8 heteroatoms. The SMILES string of the molecule is Nc1ccc(Oc2ccccc2)c([N+](=O)[O-])c1.Nc1ccc(Oc2ccccc2Cl)cc1. The van der Waals surface area contributed by atoms with Gasteiger partial charge in [0.1, 0.15) is 17.2 Å². The van der Waals surface area contributed by atoms with Crippen molar-refractivity contribution in [1.82, 2.24) is 0 Å². The molecule has 0 saturated carbocycles. The number of nitro benzene ring substituents is 1. The van der Waals surface area contributed by atoms with Crippen LogP contribution < -0.4 is 20.9 Å². The molecule has 0 radical (unpaired) electrons. The second-order valence-electron chi connectivity index (χ2n) is 6.50. The van der Waals surface area contributed by atoms with Gasteiger partial charge in [-0.15, -0.1) is 0 Å². The standard InChI is InChI=1S/C12H10ClNO.C12H10N2O3/c13-11-3-1-2-4-12(11)15-10-7-5-9(14)6-8-10;13-9-6-7-12(11(8-9)14(15)16)17-10-4-2-1-3-5-10/h1-8H,14H2;1-8H,13H2. The number of rotatable bonds is 5. The fourth-order valence-electron chi connectivity index (χ4n) is 2.57. The largest absolute Gasteiger partial charge is 0.456 e. The highest BCUT2D eigenvalue weighted by Crippen LogP contribution is 2.32. The highest BCUT2D eigenvalue weighted by molar-refractivity contribution is 6.32. The first-order chi connectivity index (χ1) is 15.4. The molecule has 4 rings (SSSR count). The number of nitrogens with zero attached hydrogens (tertiary/aromatic N) is 1. The van der Waals surface area contributed by atoms with Crippen LogP contribution in [-0.2, 0) is 0 Å². The van der Waals surface area contributed by atoms with E-state index in [0.717, 1.165) is 5.75 Å². The summed E-state index contributed by atoms with van der Waals surface area (Å²) >= 11 is 5.96. The maximum Gasteiger partial charge on any atom is 0.313 e. The summed E-state index contributed by atoms with van der Waals surface area (Å²) in [6.45, 7) is 0. The third-order valence-corrected chi connectivity index (χ3v) is 4.41. The summed E-state index contributed by atoms with van der Waals surface area (Å²) < 4.78 is 11.0. The van der Waals surface area contributed by atoms with E-state index in [1.54, 1.807) is 60.7 Å². The van der Waals surface area contributed by atoms with Gasteiger partial charge in [-0.25, -0.2) is 0 Å². The topological polar surface area (TPSA) is 114 Å². The second-order valence-corrected chi connectivity index (χ2v) is 6.91. The third kappa shape index (κ3) is 6.38. The maximum absolute atomic E-state index is 10.8. The van der Waals surface area contributed by atoms with Gasteiger partial charge in [-0.1, -0.05) is 41.9 Å². The van der Waals surface area contributed by atoms with Crippen LogP contribution in [0.1, 0.15) is 0 Å². The zero-order valence-electron chi connectivity index (χ0n) is 16.9. The van der Waals surface area contributed by atoms with Gasteiger partial charge in [0.05, 0.1) is 9.95 Å². The lowest BCUT2D eigenvalue weighted by Crippen LogP contribution is -1.95. The van der Waals surface area contributed by atoms with Gasteiger partial charge in [-0.2, -0.15) is 0 Å². The van der Waals surface area contributed by atoms with Crippen LogP contribution in [0.3, 0.4) is 0 Å². The Bertz CT molecular complexity index is 1190. The van der Waals surface area contributed by atoms with Crippen molar-refractivity contribution in [1.29, 1.82) is 0 Å². The van der Waals surface area contributed by atoms with Crippen molar-refractivity contribution < 1.29 is 14.4 Å². The molecule has 4 N–H and O–H groups in total. The first-order valence-corrected chi connectivity index (χ1v) is 9.85. The molecule has 162 valence electrons. The van der Waals surface area contributed by atoms with Crippen LogP contribution >= 0.6 is 11.6 Å². The second kappa shape index (κ2) is 10.7. The monoisotopic (exact) mass is 449 g/mol. The number of para-hydroxylation sites is 2. The van der Waals surface area contributed by atoms with Crippen molar-refractivity contribution in [3.05, 3.63) is 112 Å². The summed E-state index contributed by atoms with van der Waals surface area (Å²) in [6.07, 6.45) is 0. The Hall–Kier alpha value is -4.23. The summed E-state index contributed by atoms with van der Waals surface area (Å²) in [5, 5.41) is 11.4.